The number of hydrogen-bond donors (Lipinski definition) is 2. The van der Waals surface area contributed by atoms with Crippen LogP contribution >= 0.6 is 0 Å². The maximum absolute atomic E-state index is 10.7. The van der Waals surface area contributed by atoms with Gasteiger partial charge in [0, 0.05) is 0 Å². The van der Waals surface area contributed by atoms with Crippen molar-refractivity contribution in [2.75, 3.05) is 13.2 Å². The van der Waals surface area contributed by atoms with Gasteiger partial charge in [-0.15, -0.1) is 0 Å². The van der Waals surface area contributed by atoms with Gasteiger partial charge in [0.15, 0.2) is 0 Å². The molecule has 2 N–H and O–H groups in total. The molecule has 0 amide bonds. The van der Waals surface area contributed by atoms with Crippen LogP contribution in [-0.2, 0) is 14.2 Å². The maximum atomic E-state index is 10.7. The minimum absolute atomic E-state index is 0.474. The van der Waals surface area contributed by atoms with Crippen LogP contribution < -0.4 is 0 Å². The highest BCUT2D eigenvalue weighted by atomic mass is 16.7. The van der Waals surface area contributed by atoms with Crippen LogP contribution in [0.15, 0.2) is 0 Å². The molecule has 0 unspecified atom stereocenters. The highest BCUT2D eigenvalue weighted by Crippen LogP contribution is 1.93. The van der Waals surface area contributed by atoms with Gasteiger partial charge >= 0.3 is 18.5 Å². The minimum Gasteiger partial charge on any atom is -0.449 e. The standard InChI is InChI=1S/C9H18O3.C2H2O5/c1-3-5-7-11-9(10)12-8-6-4-2;3-1(4)7-2(5)6/h3-8H2,1-2H3;(H,3,4)(H,5,6). The Morgan fingerprint density at radius 1 is 0.842 bits per heavy atom. The van der Waals surface area contributed by atoms with E-state index in [4.69, 9.17) is 19.7 Å². The van der Waals surface area contributed by atoms with Gasteiger partial charge in [-0.25, -0.2) is 14.4 Å². The number of hydrogen-bond acceptors (Lipinski definition) is 6. The number of rotatable bonds is 6. The molecule has 8 heteroatoms. The first-order valence-electron chi connectivity index (χ1n) is 5.87. The second-order valence-electron chi connectivity index (χ2n) is 3.29. The lowest BCUT2D eigenvalue weighted by Gasteiger charge is -2.04. The zero-order valence-electron chi connectivity index (χ0n) is 11.1. The Labute approximate surface area is 111 Å². The summed E-state index contributed by atoms with van der Waals surface area (Å²) < 4.78 is 12.6. The SMILES string of the molecule is CCCCOC(=O)OCCCC.O=C(O)OC(=O)O. The molecule has 112 valence electrons. The van der Waals surface area contributed by atoms with Gasteiger partial charge in [0.25, 0.3) is 0 Å². The monoisotopic (exact) mass is 280 g/mol. The number of unbranched alkanes of at least 4 members (excludes halogenated alkanes) is 2. The topological polar surface area (TPSA) is 119 Å². The second-order valence-corrected chi connectivity index (χ2v) is 3.29. The van der Waals surface area contributed by atoms with Gasteiger partial charge < -0.3 is 24.4 Å². The molecule has 0 aromatic rings. The summed E-state index contributed by atoms with van der Waals surface area (Å²) in [5.74, 6) is 0. The lowest BCUT2D eigenvalue weighted by Crippen LogP contribution is -2.09. The molecule has 0 rings (SSSR count). The van der Waals surface area contributed by atoms with Crippen LogP contribution in [0.2, 0.25) is 0 Å². The summed E-state index contributed by atoms with van der Waals surface area (Å²) in [6.45, 7) is 5.04. The normalized spacial score (nSPS) is 8.74. The summed E-state index contributed by atoms with van der Waals surface area (Å²) >= 11 is 0. The Hall–Kier alpha value is -1.99. The quantitative estimate of drug-likeness (QED) is 0.432. The van der Waals surface area contributed by atoms with E-state index < -0.39 is 18.5 Å². The third-order valence-electron chi connectivity index (χ3n) is 1.61. The van der Waals surface area contributed by atoms with Gasteiger partial charge in [0.1, 0.15) is 0 Å². The van der Waals surface area contributed by atoms with Crippen molar-refractivity contribution in [3.63, 3.8) is 0 Å². The number of ether oxygens (including phenoxy) is 3. The third kappa shape index (κ3) is 21.8. The van der Waals surface area contributed by atoms with Crippen LogP contribution in [0.4, 0.5) is 14.4 Å². The Balaban J connectivity index is 0. The summed E-state index contributed by atoms with van der Waals surface area (Å²) in [5.41, 5.74) is 0. The van der Waals surface area contributed by atoms with Gasteiger partial charge in [-0.2, -0.15) is 0 Å². The van der Waals surface area contributed by atoms with E-state index in [1.54, 1.807) is 0 Å². The fourth-order valence-corrected chi connectivity index (χ4v) is 0.716. The molecule has 8 nitrogen and oxygen atoms in total. The highest BCUT2D eigenvalue weighted by Gasteiger charge is 2.01. The molecule has 0 aromatic carbocycles. The van der Waals surface area contributed by atoms with E-state index in [9.17, 15) is 14.4 Å². The molecule has 0 fully saturated rings. The Morgan fingerprint density at radius 3 is 1.42 bits per heavy atom. The van der Waals surface area contributed by atoms with Crippen molar-refractivity contribution < 1.29 is 38.8 Å². The minimum atomic E-state index is -1.81. The van der Waals surface area contributed by atoms with Crippen LogP contribution in [0.1, 0.15) is 39.5 Å². The molecule has 0 saturated carbocycles. The Morgan fingerprint density at radius 2 is 1.21 bits per heavy atom. The first-order chi connectivity index (χ1) is 8.93. The molecule has 0 aliphatic rings. The van der Waals surface area contributed by atoms with E-state index in [0.717, 1.165) is 25.7 Å². The average molecular weight is 280 g/mol. The molecular weight excluding hydrogens is 260 g/mol. The van der Waals surface area contributed by atoms with Crippen molar-refractivity contribution >= 4 is 18.5 Å². The first kappa shape index (κ1) is 19.4. The van der Waals surface area contributed by atoms with E-state index in [0.29, 0.717) is 13.2 Å². The number of carbonyl (C=O) groups excluding carboxylic acids is 1. The summed E-state index contributed by atoms with van der Waals surface area (Å²) in [6, 6.07) is 0. The van der Waals surface area contributed by atoms with Crippen molar-refractivity contribution in [1.82, 2.24) is 0 Å². The van der Waals surface area contributed by atoms with E-state index in [1.165, 1.54) is 0 Å². The predicted molar refractivity (Wildman–Crippen MR) is 64.3 cm³/mol. The molecule has 0 bridgehead atoms. The van der Waals surface area contributed by atoms with Crippen molar-refractivity contribution in [2.45, 2.75) is 39.5 Å². The molecule has 0 spiro atoms. The zero-order chi connectivity index (χ0) is 15.1. The fourth-order valence-electron chi connectivity index (χ4n) is 0.716. The summed E-state index contributed by atoms with van der Waals surface area (Å²) in [5, 5.41) is 15.0. The molecule has 0 saturated heterocycles. The first-order valence-corrected chi connectivity index (χ1v) is 5.87. The van der Waals surface area contributed by atoms with Crippen molar-refractivity contribution in [2.24, 2.45) is 0 Å². The van der Waals surface area contributed by atoms with Crippen LogP contribution in [0, 0.1) is 0 Å². The molecule has 0 radical (unpaired) electrons. The predicted octanol–water partition coefficient (Wildman–Crippen LogP) is 3.10. The second kappa shape index (κ2) is 14.1. The summed E-state index contributed by atoms with van der Waals surface area (Å²) in [6.07, 6.45) is -0.284. The lowest BCUT2D eigenvalue weighted by atomic mass is 10.4. The van der Waals surface area contributed by atoms with Crippen LogP contribution in [0.25, 0.3) is 0 Å². The molecular formula is C11H20O8. The molecule has 0 aromatic heterocycles. The molecule has 0 heterocycles. The van der Waals surface area contributed by atoms with E-state index in [2.05, 4.69) is 4.74 Å². The average Bonchev–Trinajstić information content (AvgIpc) is 2.28. The van der Waals surface area contributed by atoms with Gasteiger partial charge in [-0.05, 0) is 12.8 Å². The van der Waals surface area contributed by atoms with Gasteiger partial charge in [0.05, 0.1) is 13.2 Å². The summed E-state index contributed by atoms with van der Waals surface area (Å²) in [7, 11) is 0. The largest absolute Gasteiger partial charge is 0.516 e. The number of carbonyl (C=O) groups is 3. The zero-order valence-corrected chi connectivity index (χ0v) is 11.1. The lowest BCUT2D eigenvalue weighted by molar-refractivity contribution is 0.0535. The third-order valence-corrected chi connectivity index (χ3v) is 1.61. The Bertz CT molecular complexity index is 239. The van der Waals surface area contributed by atoms with Crippen LogP contribution in [0.5, 0.6) is 0 Å². The molecule has 19 heavy (non-hydrogen) atoms. The fraction of sp³-hybridized carbons (Fsp3) is 0.727. The smallest absolute Gasteiger partial charge is 0.449 e. The summed E-state index contributed by atoms with van der Waals surface area (Å²) in [4.78, 5) is 29.2. The Kier molecular flexibility index (Phi) is 14.3. The van der Waals surface area contributed by atoms with Gasteiger partial charge in [-0.3, -0.25) is 0 Å². The number of carboxylic acid groups (broad SMARTS) is 2. The van der Waals surface area contributed by atoms with Crippen molar-refractivity contribution in [3.05, 3.63) is 0 Å². The molecule has 0 aliphatic carbocycles. The van der Waals surface area contributed by atoms with E-state index >= 15 is 0 Å². The van der Waals surface area contributed by atoms with Crippen LogP contribution in [0.3, 0.4) is 0 Å². The van der Waals surface area contributed by atoms with Gasteiger partial charge in [-0.1, -0.05) is 26.7 Å². The molecule has 0 aliphatic heterocycles. The van der Waals surface area contributed by atoms with Gasteiger partial charge in [0.2, 0.25) is 0 Å². The maximum Gasteiger partial charge on any atom is 0.516 e. The van der Waals surface area contributed by atoms with Crippen molar-refractivity contribution in [3.8, 4) is 0 Å². The molecule has 0 atom stereocenters. The van der Waals surface area contributed by atoms with Crippen LogP contribution in [-0.4, -0.2) is 41.9 Å². The van der Waals surface area contributed by atoms with E-state index in [1.807, 2.05) is 13.8 Å². The van der Waals surface area contributed by atoms with E-state index in [-0.39, 0.29) is 0 Å². The van der Waals surface area contributed by atoms with Crippen molar-refractivity contribution in [1.29, 1.82) is 0 Å². The highest BCUT2D eigenvalue weighted by molar-refractivity contribution is 5.74.